The molecular formula is C8H17OSi. The summed E-state index contributed by atoms with van der Waals surface area (Å²) in [6.45, 7) is 9.74. The van der Waals surface area contributed by atoms with Gasteiger partial charge in [-0.1, -0.05) is 13.1 Å². The highest BCUT2D eigenvalue weighted by Gasteiger charge is 2.31. The maximum atomic E-state index is 5.68. The zero-order valence-corrected chi connectivity index (χ0v) is 8.18. The average Bonchev–Trinajstić information content (AvgIpc) is 1.89. The van der Waals surface area contributed by atoms with Crippen molar-refractivity contribution >= 4 is 8.80 Å². The van der Waals surface area contributed by atoms with Crippen LogP contribution in [0.15, 0.2) is 0 Å². The normalized spacial score (nSPS) is 34.8. The van der Waals surface area contributed by atoms with Gasteiger partial charge in [-0.25, -0.2) is 0 Å². The molecule has 1 fully saturated rings. The molecule has 1 nitrogen and oxygen atoms in total. The molecule has 0 saturated carbocycles. The molecule has 1 saturated heterocycles. The maximum Gasteiger partial charge on any atom is 0.0695 e. The van der Waals surface area contributed by atoms with Crippen molar-refractivity contribution in [3.63, 3.8) is 0 Å². The van der Waals surface area contributed by atoms with Gasteiger partial charge in [0.1, 0.15) is 0 Å². The van der Waals surface area contributed by atoms with Gasteiger partial charge in [0.15, 0.2) is 0 Å². The van der Waals surface area contributed by atoms with E-state index in [1.54, 1.807) is 0 Å². The van der Waals surface area contributed by atoms with Crippen LogP contribution >= 0.6 is 0 Å². The highest BCUT2D eigenvalue weighted by atomic mass is 28.3. The third-order valence-corrected chi connectivity index (χ3v) is 5.00. The summed E-state index contributed by atoms with van der Waals surface area (Å²) in [5, 5.41) is 0.0677. The zero-order valence-electron chi connectivity index (χ0n) is 7.02. The molecule has 0 aromatic carbocycles. The average molecular weight is 157 g/mol. The van der Waals surface area contributed by atoms with E-state index in [1.807, 2.05) is 0 Å². The smallest absolute Gasteiger partial charge is 0.0695 e. The Hall–Kier alpha value is 0.177. The van der Waals surface area contributed by atoms with Crippen molar-refractivity contribution in [1.29, 1.82) is 0 Å². The van der Waals surface area contributed by atoms with Crippen LogP contribution in [0.1, 0.15) is 19.3 Å². The van der Waals surface area contributed by atoms with E-state index < -0.39 is 8.80 Å². The molecule has 0 bridgehead atoms. The van der Waals surface area contributed by atoms with Gasteiger partial charge in [0.2, 0.25) is 0 Å². The van der Waals surface area contributed by atoms with Crippen LogP contribution < -0.4 is 0 Å². The standard InChI is InChI=1S/C8H17OSi/c1-8(10(2)3)6-4-5-7-9-8/h10H,1,4-7H2,2-3H3. The molecule has 59 valence electrons. The van der Waals surface area contributed by atoms with Gasteiger partial charge in [-0.2, -0.15) is 0 Å². The van der Waals surface area contributed by atoms with Gasteiger partial charge in [0.05, 0.1) is 14.0 Å². The molecule has 0 aromatic heterocycles. The number of ether oxygens (including phenoxy) is 1. The summed E-state index contributed by atoms with van der Waals surface area (Å²) < 4.78 is 5.68. The van der Waals surface area contributed by atoms with E-state index in [1.165, 1.54) is 19.3 Å². The molecular weight excluding hydrogens is 140 g/mol. The summed E-state index contributed by atoms with van der Waals surface area (Å²) >= 11 is 0. The lowest BCUT2D eigenvalue weighted by atomic mass is 10.1. The summed E-state index contributed by atoms with van der Waals surface area (Å²) in [7, 11) is -0.700. The van der Waals surface area contributed by atoms with Crippen molar-refractivity contribution in [3.8, 4) is 0 Å². The summed E-state index contributed by atoms with van der Waals surface area (Å²) in [6, 6.07) is 0. The minimum atomic E-state index is -0.700. The van der Waals surface area contributed by atoms with Gasteiger partial charge in [-0.05, 0) is 26.2 Å². The summed E-state index contributed by atoms with van der Waals surface area (Å²) in [6.07, 6.45) is 3.74. The van der Waals surface area contributed by atoms with Crippen LogP contribution in [-0.2, 0) is 4.74 Å². The largest absolute Gasteiger partial charge is 0.379 e. The van der Waals surface area contributed by atoms with Gasteiger partial charge in [0, 0.05) is 6.61 Å². The van der Waals surface area contributed by atoms with Crippen LogP contribution in [0.4, 0.5) is 0 Å². The Morgan fingerprint density at radius 2 is 2.10 bits per heavy atom. The fourth-order valence-electron chi connectivity index (χ4n) is 1.33. The number of hydrogen-bond donors (Lipinski definition) is 0. The van der Waals surface area contributed by atoms with Gasteiger partial charge in [0.25, 0.3) is 0 Å². The molecule has 10 heavy (non-hydrogen) atoms. The second kappa shape index (κ2) is 3.05. The van der Waals surface area contributed by atoms with Crippen molar-refractivity contribution in [3.05, 3.63) is 6.92 Å². The molecule has 1 unspecified atom stereocenters. The number of hydrogen-bond acceptors (Lipinski definition) is 1. The first kappa shape index (κ1) is 8.28. The Morgan fingerprint density at radius 3 is 2.40 bits per heavy atom. The van der Waals surface area contributed by atoms with Crippen molar-refractivity contribution in [1.82, 2.24) is 0 Å². The Bertz CT molecular complexity index is 106. The predicted octanol–water partition coefficient (Wildman–Crippen LogP) is 1.79. The molecule has 0 spiro atoms. The minimum Gasteiger partial charge on any atom is -0.379 e. The second-order valence-corrected chi connectivity index (χ2v) is 6.89. The monoisotopic (exact) mass is 157 g/mol. The van der Waals surface area contributed by atoms with E-state index in [0.717, 1.165) is 6.61 Å². The highest BCUT2D eigenvalue weighted by molar-refractivity contribution is 6.59. The summed E-state index contributed by atoms with van der Waals surface area (Å²) in [5.74, 6) is 0. The molecule has 1 atom stereocenters. The van der Waals surface area contributed by atoms with Gasteiger partial charge >= 0.3 is 0 Å². The topological polar surface area (TPSA) is 9.23 Å². The molecule has 0 aliphatic carbocycles. The van der Waals surface area contributed by atoms with Crippen molar-refractivity contribution in [2.24, 2.45) is 0 Å². The molecule has 1 aliphatic rings. The van der Waals surface area contributed by atoms with Crippen LogP contribution in [0.2, 0.25) is 13.1 Å². The first-order valence-electron chi connectivity index (χ1n) is 4.14. The molecule has 1 radical (unpaired) electrons. The maximum absolute atomic E-state index is 5.68. The van der Waals surface area contributed by atoms with Crippen LogP contribution in [-0.4, -0.2) is 20.6 Å². The molecule has 0 N–H and O–H groups in total. The van der Waals surface area contributed by atoms with Crippen molar-refractivity contribution < 1.29 is 4.74 Å². The van der Waals surface area contributed by atoms with Crippen LogP contribution in [0.25, 0.3) is 0 Å². The lowest BCUT2D eigenvalue weighted by molar-refractivity contribution is 0.00840. The van der Waals surface area contributed by atoms with Crippen LogP contribution in [0, 0.1) is 6.92 Å². The summed E-state index contributed by atoms with van der Waals surface area (Å²) in [4.78, 5) is 0. The predicted molar refractivity (Wildman–Crippen MR) is 46.8 cm³/mol. The van der Waals surface area contributed by atoms with Crippen LogP contribution in [0.3, 0.4) is 0 Å². The van der Waals surface area contributed by atoms with E-state index >= 15 is 0 Å². The molecule has 0 amide bonds. The highest BCUT2D eigenvalue weighted by Crippen LogP contribution is 2.26. The Kier molecular flexibility index (Phi) is 2.53. The van der Waals surface area contributed by atoms with E-state index in [4.69, 9.17) is 4.74 Å². The first-order valence-corrected chi connectivity index (χ1v) is 7.03. The van der Waals surface area contributed by atoms with Gasteiger partial charge in [-0.3, -0.25) is 0 Å². The summed E-state index contributed by atoms with van der Waals surface area (Å²) in [5.41, 5.74) is 0. The SMILES string of the molecule is [CH2]C1([SiH](C)C)CCCCO1. The Labute approximate surface area is 65.4 Å². The lowest BCUT2D eigenvalue weighted by Gasteiger charge is -2.36. The Morgan fingerprint density at radius 1 is 1.40 bits per heavy atom. The molecule has 1 rings (SSSR count). The molecule has 2 heteroatoms. The Balaban J connectivity index is 2.48. The van der Waals surface area contributed by atoms with E-state index in [2.05, 4.69) is 20.0 Å². The van der Waals surface area contributed by atoms with E-state index in [9.17, 15) is 0 Å². The zero-order chi connectivity index (χ0) is 7.61. The van der Waals surface area contributed by atoms with E-state index in [-0.39, 0.29) is 5.22 Å². The van der Waals surface area contributed by atoms with Crippen molar-refractivity contribution in [2.45, 2.75) is 37.6 Å². The third-order valence-electron chi connectivity index (χ3n) is 2.44. The molecule has 1 heterocycles. The fourth-order valence-corrected chi connectivity index (χ4v) is 2.56. The van der Waals surface area contributed by atoms with E-state index in [0.29, 0.717) is 0 Å². The first-order chi connectivity index (χ1) is 4.65. The fraction of sp³-hybridized carbons (Fsp3) is 0.875. The minimum absolute atomic E-state index is 0.0677. The molecule has 0 aromatic rings. The molecule has 1 aliphatic heterocycles. The third kappa shape index (κ3) is 1.61. The van der Waals surface area contributed by atoms with Gasteiger partial charge in [-0.15, -0.1) is 0 Å². The van der Waals surface area contributed by atoms with Gasteiger partial charge < -0.3 is 4.74 Å². The van der Waals surface area contributed by atoms with Crippen molar-refractivity contribution in [2.75, 3.05) is 6.61 Å². The number of rotatable bonds is 1. The second-order valence-electron chi connectivity index (χ2n) is 3.53. The van der Waals surface area contributed by atoms with Crippen LogP contribution in [0.5, 0.6) is 0 Å². The lowest BCUT2D eigenvalue weighted by Crippen LogP contribution is -2.44. The quantitative estimate of drug-likeness (QED) is 0.527.